The van der Waals surface area contributed by atoms with E-state index in [-0.39, 0.29) is 17.4 Å². The molecule has 0 radical (unpaired) electrons. The minimum absolute atomic E-state index is 0.0418. The summed E-state index contributed by atoms with van der Waals surface area (Å²) in [6.45, 7) is 5.61. The topological polar surface area (TPSA) is 60.3 Å². The summed E-state index contributed by atoms with van der Waals surface area (Å²) < 4.78 is 7.78. The number of fused-ring (bicyclic) bond motifs is 4. The van der Waals surface area contributed by atoms with Crippen molar-refractivity contribution in [1.29, 1.82) is 0 Å². The molecule has 4 rings (SSSR count). The van der Waals surface area contributed by atoms with Crippen LogP contribution in [0.1, 0.15) is 37.4 Å². The lowest BCUT2D eigenvalue weighted by atomic mass is 9.72. The molecular formula is C22H26N2O3. The van der Waals surface area contributed by atoms with Gasteiger partial charge in [0.2, 0.25) is 0 Å². The average molecular weight is 366 g/mol. The Bertz CT molecular complexity index is 903. The Morgan fingerprint density at radius 3 is 2.78 bits per heavy atom. The van der Waals surface area contributed by atoms with E-state index in [0.29, 0.717) is 19.5 Å². The molecule has 3 heterocycles. The van der Waals surface area contributed by atoms with E-state index in [1.54, 1.807) is 16.7 Å². The highest BCUT2D eigenvalue weighted by Gasteiger charge is 2.50. The second kappa shape index (κ2) is 6.64. The lowest BCUT2D eigenvalue weighted by Gasteiger charge is -2.46. The molecule has 5 nitrogen and oxygen atoms in total. The third kappa shape index (κ3) is 3.44. The van der Waals surface area contributed by atoms with Gasteiger partial charge >= 0.3 is 5.97 Å². The summed E-state index contributed by atoms with van der Waals surface area (Å²) in [5.74, 6) is -0.0479. The van der Waals surface area contributed by atoms with E-state index in [1.165, 1.54) is 0 Å². The number of piperidine rings is 1. The maximum atomic E-state index is 13.3. The van der Waals surface area contributed by atoms with Crippen LogP contribution in [0.15, 0.2) is 53.3 Å². The van der Waals surface area contributed by atoms with Crippen LogP contribution in [0, 0.1) is 5.41 Å². The lowest BCUT2D eigenvalue weighted by molar-refractivity contribution is -0.173. The normalized spacial score (nSPS) is 24.1. The number of rotatable bonds is 4. The van der Waals surface area contributed by atoms with Gasteiger partial charge in [-0.3, -0.25) is 9.59 Å². The monoisotopic (exact) mass is 366 g/mol. The summed E-state index contributed by atoms with van der Waals surface area (Å²) >= 11 is 0. The third-order valence-corrected chi connectivity index (χ3v) is 5.73. The number of aromatic nitrogens is 1. The lowest BCUT2D eigenvalue weighted by Crippen LogP contribution is -2.57. The SMILES string of the molecule is CC(C)(Cc1ccccc1)OC(=O)[C@@]12CNC[C@@H](C1)c1cccc(=O)n1C2. The fourth-order valence-electron chi connectivity index (χ4n) is 4.50. The molecule has 2 bridgehead atoms. The van der Waals surface area contributed by atoms with Crippen LogP contribution in [0.2, 0.25) is 0 Å². The molecule has 2 atom stereocenters. The predicted octanol–water partition coefficient (Wildman–Crippen LogP) is 2.49. The van der Waals surface area contributed by atoms with Crippen LogP contribution in [-0.4, -0.2) is 29.2 Å². The number of ether oxygens (including phenoxy) is 1. The van der Waals surface area contributed by atoms with Crippen LogP contribution >= 0.6 is 0 Å². The zero-order valence-electron chi connectivity index (χ0n) is 15.9. The van der Waals surface area contributed by atoms with Gasteiger partial charge in [-0.15, -0.1) is 0 Å². The van der Waals surface area contributed by atoms with Crippen molar-refractivity contribution in [2.24, 2.45) is 5.41 Å². The number of nitrogens with zero attached hydrogens (tertiary/aromatic N) is 1. The third-order valence-electron chi connectivity index (χ3n) is 5.73. The van der Waals surface area contributed by atoms with Gasteiger partial charge in [-0.2, -0.15) is 0 Å². The van der Waals surface area contributed by atoms with Crippen molar-refractivity contribution in [2.45, 2.75) is 44.8 Å². The zero-order valence-corrected chi connectivity index (χ0v) is 15.9. The first-order chi connectivity index (χ1) is 12.9. The van der Waals surface area contributed by atoms with Gasteiger partial charge in [0.05, 0.1) is 5.41 Å². The molecule has 1 N–H and O–H groups in total. The molecule has 1 aromatic carbocycles. The summed E-state index contributed by atoms with van der Waals surface area (Å²) in [6.07, 6.45) is 1.38. The minimum Gasteiger partial charge on any atom is -0.459 e. The quantitative estimate of drug-likeness (QED) is 0.845. The van der Waals surface area contributed by atoms with E-state index >= 15 is 0 Å². The van der Waals surface area contributed by atoms with Crippen LogP contribution in [0.5, 0.6) is 0 Å². The van der Waals surface area contributed by atoms with Crippen LogP contribution < -0.4 is 10.9 Å². The molecule has 1 aromatic heterocycles. The Labute approximate surface area is 159 Å². The first-order valence-electron chi connectivity index (χ1n) is 9.56. The molecule has 27 heavy (non-hydrogen) atoms. The molecule has 2 aromatic rings. The second-order valence-electron chi connectivity index (χ2n) is 8.50. The van der Waals surface area contributed by atoms with Crippen LogP contribution in [0.3, 0.4) is 0 Å². The highest BCUT2D eigenvalue weighted by molar-refractivity contribution is 5.78. The molecular weight excluding hydrogens is 340 g/mol. The first-order valence-corrected chi connectivity index (χ1v) is 9.56. The van der Waals surface area contributed by atoms with Crippen molar-refractivity contribution in [3.63, 3.8) is 0 Å². The number of esters is 1. The van der Waals surface area contributed by atoms with E-state index < -0.39 is 11.0 Å². The molecule has 0 aliphatic carbocycles. The highest BCUT2D eigenvalue weighted by Crippen LogP contribution is 2.42. The summed E-state index contributed by atoms with van der Waals surface area (Å²) in [5.41, 5.74) is 0.816. The fourth-order valence-corrected chi connectivity index (χ4v) is 4.50. The Morgan fingerprint density at radius 1 is 1.22 bits per heavy atom. The second-order valence-corrected chi connectivity index (χ2v) is 8.50. The number of nitrogens with one attached hydrogen (secondary N) is 1. The molecule has 0 saturated carbocycles. The van der Waals surface area contributed by atoms with E-state index in [9.17, 15) is 9.59 Å². The van der Waals surface area contributed by atoms with E-state index in [0.717, 1.165) is 24.2 Å². The molecule has 2 aliphatic heterocycles. The molecule has 0 amide bonds. The zero-order chi connectivity index (χ0) is 19.1. The van der Waals surface area contributed by atoms with Crippen molar-refractivity contribution in [3.05, 3.63) is 70.1 Å². The minimum atomic E-state index is -0.685. The van der Waals surface area contributed by atoms with E-state index in [4.69, 9.17) is 4.74 Å². The first kappa shape index (κ1) is 18.0. The van der Waals surface area contributed by atoms with Crippen LogP contribution in [0.25, 0.3) is 0 Å². The number of carbonyl (C=O) groups excluding carboxylic acids is 1. The number of pyridine rings is 1. The Balaban J connectivity index is 1.58. The molecule has 0 unspecified atom stereocenters. The van der Waals surface area contributed by atoms with Gasteiger partial charge in [0.15, 0.2) is 0 Å². The van der Waals surface area contributed by atoms with Crippen LogP contribution in [0.4, 0.5) is 0 Å². The van der Waals surface area contributed by atoms with Crippen molar-refractivity contribution in [3.8, 4) is 0 Å². The van der Waals surface area contributed by atoms with Crippen LogP contribution in [-0.2, 0) is 22.5 Å². The average Bonchev–Trinajstić information content (AvgIpc) is 2.63. The number of hydrogen-bond acceptors (Lipinski definition) is 4. The Morgan fingerprint density at radius 2 is 2.00 bits per heavy atom. The van der Waals surface area contributed by atoms with Crippen molar-refractivity contribution >= 4 is 5.97 Å². The van der Waals surface area contributed by atoms with Gasteiger partial charge < -0.3 is 14.6 Å². The van der Waals surface area contributed by atoms with Gasteiger partial charge in [0.1, 0.15) is 5.60 Å². The molecule has 5 heteroatoms. The number of benzene rings is 1. The molecule has 1 saturated heterocycles. The number of carbonyl (C=O) groups is 1. The van der Waals surface area contributed by atoms with Crippen molar-refractivity contribution in [2.75, 3.05) is 13.1 Å². The van der Waals surface area contributed by atoms with Crippen molar-refractivity contribution in [1.82, 2.24) is 9.88 Å². The summed E-state index contributed by atoms with van der Waals surface area (Å²) in [5, 5.41) is 3.39. The molecule has 1 fully saturated rings. The summed E-state index contributed by atoms with van der Waals surface area (Å²) in [7, 11) is 0. The van der Waals surface area contributed by atoms with E-state index in [1.807, 2.05) is 50.2 Å². The van der Waals surface area contributed by atoms with Crippen molar-refractivity contribution < 1.29 is 9.53 Å². The maximum Gasteiger partial charge on any atom is 0.315 e. The van der Waals surface area contributed by atoms with E-state index in [2.05, 4.69) is 5.32 Å². The predicted molar refractivity (Wildman–Crippen MR) is 104 cm³/mol. The molecule has 0 spiro atoms. The summed E-state index contributed by atoms with van der Waals surface area (Å²) in [6, 6.07) is 15.4. The Kier molecular flexibility index (Phi) is 4.42. The smallest absolute Gasteiger partial charge is 0.315 e. The number of hydrogen-bond donors (Lipinski definition) is 1. The maximum absolute atomic E-state index is 13.3. The molecule has 142 valence electrons. The van der Waals surface area contributed by atoms with Gasteiger partial charge in [-0.1, -0.05) is 36.4 Å². The fraction of sp³-hybridized carbons (Fsp3) is 0.455. The standard InChI is InChI=1S/C22H26N2O3/c1-21(2,11-16-7-4-3-5-8-16)27-20(26)22-12-17(13-23-14-22)18-9-6-10-19(25)24(18)15-22/h3-10,17,23H,11-15H2,1-2H3/t17-,22-/m1/s1. The highest BCUT2D eigenvalue weighted by atomic mass is 16.6. The van der Waals surface area contributed by atoms with Gasteiger partial charge in [0.25, 0.3) is 5.56 Å². The Hall–Kier alpha value is -2.40. The largest absolute Gasteiger partial charge is 0.459 e. The van der Waals surface area contributed by atoms with Gasteiger partial charge in [0, 0.05) is 43.7 Å². The van der Waals surface area contributed by atoms with Gasteiger partial charge in [-0.05, 0) is 31.9 Å². The molecule has 2 aliphatic rings. The summed E-state index contributed by atoms with van der Waals surface area (Å²) in [4.78, 5) is 25.7. The van der Waals surface area contributed by atoms with Gasteiger partial charge in [-0.25, -0.2) is 0 Å².